The fourth-order valence-electron chi connectivity index (χ4n) is 3.60. The van der Waals surface area contributed by atoms with E-state index in [2.05, 4.69) is 5.32 Å². The Morgan fingerprint density at radius 1 is 1.16 bits per heavy atom. The molecule has 2 atom stereocenters. The number of aliphatic carboxylic acids is 1. The van der Waals surface area contributed by atoms with Crippen LogP contribution in [0.25, 0.3) is 0 Å². The van der Waals surface area contributed by atoms with Crippen molar-refractivity contribution in [2.24, 2.45) is 17.3 Å². The number of amides is 1. The Labute approximate surface area is 147 Å². The number of sulfonamides is 1. The highest BCUT2D eigenvalue weighted by Gasteiger charge is 2.65. The largest absolute Gasteiger partial charge is 0.481 e. The quantitative estimate of drug-likeness (QED) is 0.847. The fourth-order valence-corrected chi connectivity index (χ4v) is 5.24. The summed E-state index contributed by atoms with van der Waals surface area (Å²) in [6.45, 7) is 3.99. The minimum atomic E-state index is -3.27. The van der Waals surface area contributed by atoms with Crippen molar-refractivity contribution in [1.29, 1.82) is 0 Å². The van der Waals surface area contributed by atoms with E-state index in [9.17, 15) is 18.0 Å². The van der Waals surface area contributed by atoms with E-state index in [4.69, 9.17) is 5.11 Å². The van der Waals surface area contributed by atoms with Gasteiger partial charge in [-0.3, -0.25) is 13.9 Å². The zero-order chi connectivity index (χ0) is 18.4. The van der Waals surface area contributed by atoms with Gasteiger partial charge in [-0.25, -0.2) is 8.42 Å². The molecule has 1 aromatic carbocycles. The van der Waals surface area contributed by atoms with Crippen LogP contribution in [0.15, 0.2) is 24.3 Å². The van der Waals surface area contributed by atoms with Crippen LogP contribution in [0.5, 0.6) is 0 Å². The molecule has 25 heavy (non-hydrogen) atoms. The maximum absolute atomic E-state index is 12.3. The van der Waals surface area contributed by atoms with E-state index in [-0.39, 0.29) is 11.7 Å². The first-order valence-electron chi connectivity index (χ1n) is 8.29. The second kappa shape index (κ2) is 6.01. The summed E-state index contributed by atoms with van der Waals surface area (Å²) in [7, 11) is -3.27. The highest BCUT2D eigenvalue weighted by molar-refractivity contribution is 7.92. The van der Waals surface area contributed by atoms with Gasteiger partial charge in [0.25, 0.3) is 0 Å². The van der Waals surface area contributed by atoms with Gasteiger partial charge < -0.3 is 10.4 Å². The Morgan fingerprint density at radius 3 is 2.32 bits per heavy atom. The first-order chi connectivity index (χ1) is 11.6. The molecule has 2 aliphatic rings. The van der Waals surface area contributed by atoms with Gasteiger partial charge in [-0.15, -0.1) is 0 Å². The van der Waals surface area contributed by atoms with Crippen molar-refractivity contribution < 1.29 is 23.1 Å². The summed E-state index contributed by atoms with van der Waals surface area (Å²) in [6.07, 6.45) is 1.50. The summed E-state index contributed by atoms with van der Waals surface area (Å²) < 4.78 is 25.6. The molecule has 2 N–H and O–H groups in total. The molecule has 0 bridgehead atoms. The second-order valence-electron chi connectivity index (χ2n) is 7.25. The molecule has 1 saturated heterocycles. The van der Waals surface area contributed by atoms with E-state index in [0.717, 1.165) is 6.42 Å². The van der Waals surface area contributed by atoms with Gasteiger partial charge in [0.2, 0.25) is 15.9 Å². The SMILES string of the molecule is CC1(C)[C@H](C(=O)Nc2ccc(N3CCCCS3(=O)=O)cc2)[C@@H]1C(=O)O. The molecule has 2 fully saturated rings. The molecular formula is C17H22N2O5S. The molecule has 3 rings (SSSR count). The smallest absolute Gasteiger partial charge is 0.307 e. The van der Waals surface area contributed by atoms with Crippen molar-refractivity contribution in [3.63, 3.8) is 0 Å². The van der Waals surface area contributed by atoms with Gasteiger partial charge in [0.1, 0.15) is 0 Å². The number of hydrogen-bond acceptors (Lipinski definition) is 4. The van der Waals surface area contributed by atoms with Crippen LogP contribution in [0.2, 0.25) is 0 Å². The predicted molar refractivity (Wildman–Crippen MR) is 93.8 cm³/mol. The Hall–Kier alpha value is -2.09. The van der Waals surface area contributed by atoms with Crippen molar-refractivity contribution in [3.05, 3.63) is 24.3 Å². The van der Waals surface area contributed by atoms with E-state index in [0.29, 0.717) is 24.3 Å². The molecule has 8 heteroatoms. The van der Waals surface area contributed by atoms with Crippen LogP contribution in [-0.4, -0.2) is 37.7 Å². The van der Waals surface area contributed by atoms with Crippen LogP contribution in [0, 0.1) is 17.3 Å². The molecule has 136 valence electrons. The maximum atomic E-state index is 12.3. The second-order valence-corrected chi connectivity index (χ2v) is 9.26. The van der Waals surface area contributed by atoms with Gasteiger partial charge in [-0.05, 0) is 42.5 Å². The lowest BCUT2D eigenvalue weighted by molar-refractivity contribution is -0.140. The number of nitrogens with one attached hydrogen (secondary N) is 1. The topological polar surface area (TPSA) is 104 Å². The number of carboxylic acids is 1. The molecule has 0 spiro atoms. The van der Waals surface area contributed by atoms with Crippen LogP contribution in [-0.2, 0) is 19.6 Å². The van der Waals surface area contributed by atoms with Gasteiger partial charge in [0, 0.05) is 12.2 Å². The zero-order valence-corrected chi connectivity index (χ0v) is 15.0. The molecule has 1 saturated carbocycles. The molecular weight excluding hydrogens is 344 g/mol. The number of carboxylic acid groups (broad SMARTS) is 1. The number of carbonyl (C=O) groups is 2. The average Bonchev–Trinajstić information content (AvgIpc) is 3.11. The Kier molecular flexibility index (Phi) is 4.26. The van der Waals surface area contributed by atoms with E-state index in [1.165, 1.54) is 4.31 Å². The first-order valence-corrected chi connectivity index (χ1v) is 9.89. The fraction of sp³-hybridized carbons (Fsp3) is 0.529. The summed E-state index contributed by atoms with van der Waals surface area (Å²) in [6, 6.07) is 6.60. The van der Waals surface area contributed by atoms with Gasteiger partial charge in [-0.1, -0.05) is 13.8 Å². The predicted octanol–water partition coefficient (Wildman–Crippen LogP) is 1.91. The number of benzene rings is 1. The molecule has 0 aromatic heterocycles. The van der Waals surface area contributed by atoms with Crippen LogP contribution >= 0.6 is 0 Å². The summed E-state index contributed by atoms with van der Waals surface area (Å²) in [5.41, 5.74) is 0.542. The van der Waals surface area contributed by atoms with Gasteiger partial charge in [0.05, 0.1) is 23.3 Å². The summed E-state index contributed by atoms with van der Waals surface area (Å²) in [4.78, 5) is 23.5. The third-order valence-corrected chi connectivity index (χ3v) is 7.02. The summed E-state index contributed by atoms with van der Waals surface area (Å²) >= 11 is 0. The van der Waals surface area contributed by atoms with Gasteiger partial charge in [0.15, 0.2) is 0 Å². The van der Waals surface area contributed by atoms with E-state index >= 15 is 0 Å². The van der Waals surface area contributed by atoms with Crippen molar-refractivity contribution in [1.82, 2.24) is 0 Å². The van der Waals surface area contributed by atoms with Crippen LogP contribution in [0.3, 0.4) is 0 Å². The standard InChI is InChI=1S/C17H22N2O5S/c1-17(2)13(14(17)16(21)22)15(20)18-11-5-7-12(8-6-11)19-9-3-4-10-25(19,23)24/h5-8,13-14H,3-4,9-10H2,1-2H3,(H,18,20)(H,21,22)/t13-,14+/m0/s1. The van der Waals surface area contributed by atoms with Crippen molar-refractivity contribution in [3.8, 4) is 0 Å². The number of carbonyl (C=O) groups excluding carboxylic acids is 1. The van der Waals surface area contributed by atoms with Crippen LogP contribution in [0.4, 0.5) is 11.4 Å². The minimum Gasteiger partial charge on any atom is -0.481 e. The molecule has 7 nitrogen and oxygen atoms in total. The Bertz CT molecular complexity index is 801. The first kappa shape index (κ1) is 17.7. The van der Waals surface area contributed by atoms with Crippen LogP contribution < -0.4 is 9.62 Å². The monoisotopic (exact) mass is 366 g/mol. The highest BCUT2D eigenvalue weighted by atomic mass is 32.2. The zero-order valence-electron chi connectivity index (χ0n) is 14.2. The molecule has 0 radical (unpaired) electrons. The van der Waals surface area contributed by atoms with Crippen molar-refractivity contribution in [2.45, 2.75) is 26.7 Å². The number of anilines is 2. The molecule has 1 aliphatic heterocycles. The minimum absolute atomic E-state index is 0.152. The summed E-state index contributed by atoms with van der Waals surface area (Å²) in [5, 5.41) is 11.9. The number of hydrogen-bond donors (Lipinski definition) is 2. The number of rotatable bonds is 4. The maximum Gasteiger partial charge on any atom is 0.307 e. The normalized spacial score (nSPS) is 26.7. The molecule has 1 amide bonds. The van der Waals surface area contributed by atoms with Crippen molar-refractivity contribution >= 4 is 33.3 Å². The third kappa shape index (κ3) is 3.22. The molecule has 1 heterocycles. The van der Waals surface area contributed by atoms with Gasteiger partial charge >= 0.3 is 5.97 Å². The third-order valence-electron chi connectivity index (χ3n) is 5.15. The average molecular weight is 366 g/mol. The van der Waals surface area contributed by atoms with E-state index in [1.807, 2.05) is 0 Å². The van der Waals surface area contributed by atoms with E-state index < -0.39 is 33.2 Å². The lowest BCUT2D eigenvalue weighted by atomic mass is 10.1. The van der Waals surface area contributed by atoms with Crippen LogP contribution in [0.1, 0.15) is 26.7 Å². The molecule has 0 unspecified atom stereocenters. The molecule has 1 aromatic rings. The molecule has 1 aliphatic carbocycles. The number of nitrogens with zero attached hydrogens (tertiary/aromatic N) is 1. The van der Waals surface area contributed by atoms with Gasteiger partial charge in [-0.2, -0.15) is 0 Å². The van der Waals surface area contributed by atoms with E-state index in [1.54, 1.807) is 38.1 Å². The Morgan fingerprint density at radius 2 is 1.80 bits per heavy atom. The summed E-state index contributed by atoms with van der Waals surface area (Å²) in [5.74, 6) is -2.37. The van der Waals surface area contributed by atoms with Crippen molar-refractivity contribution in [2.75, 3.05) is 21.9 Å². The Balaban J connectivity index is 1.69. The lowest BCUT2D eigenvalue weighted by Crippen LogP contribution is -2.37. The highest BCUT2D eigenvalue weighted by Crippen LogP contribution is 2.58. The lowest BCUT2D eigenvalue weighted by Gasteiger charge is -2.28.